The van der Waals surface area contributed by atoms with Gasteiger partial charge in [-0.05, 0) is 48.8 Å². The molecule has 0 aliphatic carbocycles. The zero-order chi connectivity index (χ0) is 20.1. The van der Waals surface area contributed by atoms with Gasteiger partial charge in [0, 0.05) is 18.0 Å². The molecule has 28 heavy (non-hydrogen) atoms. The van der Waals surface area contributed by atoms with E-state index in [1.165, 1.54) is 16.4 Å². The molecule has 2 aromatic carbocycles. The Morgan fingerprint density at radius 2 is 1.82 bits per heavy atom. The van der Waals surface area contributed by atoms with Crippen molar-refractivity contribution in [3.8, 4) is 0 Å². The minimum Gasteiger partial charge on any atom is -0.379 e. The van der Waals surface area contributed by atoms with E-state index >= 15 is 0 Å². The van der Waals surface area contributed by atoms with E-state index in [4.69, 9.17) is 28.6 Å². The molecule has 10 heteroatoms. The summed E-state index contributed by atoms with van der Waals surface area (Å²) in [6.45, 7) is 1.44. The predicted octanol–water partition coefficient (Wildman–Crippen LogP) is 3.89. The molecule has 0 amide bonds. The number of rotatable bonds is 5. The zero-order valence-electron chi connectivity index (χ0n) is 15.1. The van der Waals surface area contributed by atoms with Crippen LogP contribution in [-0.4, -0.2) is 50.4 Å². The maximum atomic E-state index is 12.9. The van der Waals surface area contributed by atoms with Gasteiger partial charge in [0.25, 0.3) is 0 Å². The van der Waals surface area contributed by atoms with E-state index in [0.29, 0.717) is 42.1 Å². The van der Waals surface area contributed by atoms with Gasteiger partial charge in [-0.3, -0.25) is 0 Å². The van der Waals surface area contributed by atoms with Gasteiger partial charge in [0.2, 0.25) is 10.0 Å². The summed E-state index contributed by atoms with van der Waals surface area (Å²) in [4.78, 5) is 1.20. The van der Waals surface area contributed by atoms with Crippen LogP contribution in [0.5, 0.6) is 0 Å². The Balaban J connectivity index is 1.79. The topological polar surface area (TPSA) is 70.7 Å². The van der Waals surface area contributed by atoms with Crippen LogP contribution in [0.15, 0.2) is 52.3 Å². The maximum absolute atomic E-state index is 12.9. The number of anilines is 2. The summed E-state index contributed by atoms with van der Waals surface area (Å²) in [7, 11) is -3.62. The van der Waals surface area contributed by atoms with E-state index in [0.717, 1.165) is 10.6 Å². The van der Waals surface area contributed by atoms with Crippen LogP contribution in [0.1, 0.15) is 0 Å². The van der Waals surface area contributed by atoms with E-state index in [-0.39, 0.29) is 4.90 Å². The molecule has 0 atom stereocenters. The Labute approximate surface area is 179 Å². The summed E-state index contributed by atoms with van der Waals surface area (Å²) in [5.74, 6) is 0. The van der Waals surface area contributed by atoms with Crippen molar-refractivity contribution in [2.24, 2.45) is 0 Å². The second kappa shape index (κ2) is 9.43. The number of hydrogen-bond acceptors (Lipinski definition) is 5. The zero-order valence-corrected chi connectivity index (χ0v) is 18.3. The summed E-state index contributed by atoms with van der Waals surface area (Å²) in [6, 6.07) is 12.3. The van der Waals surface area contributed by atoms with Crippen molar-refractivity contribution in [2.75, 3.05) is 43.2 Å². The molecule has 0 saturated carbocycles. The first-order chi connectivity index (χ1) is 13.4. The average Bonchev–Trinajstić information content (AvgIpc) is 2.70. The largest absolute Gasteiger partial charge is 0.379 e. The van der Waals surface area contributed by atoms with Gasteiger partial charge in [0.1, 0.15) is 0 Å². The predicted molar refractivity (Wildman–Crippen MR) is 119 cm³/mol. The Morgan fingerprint density at radius 1 is 1.14 bits per heavy atom. The first kappa shape index (κ1) is 21.4. The smallest absolute Gasteiger partial charge is 0.243 e. The molecule has 1 aliphatic heterocycles. The third-order valence-electron chi connectivity index (χ3n) is 4.15. The fourth-order valence-corrected chi connectivity index (χ4v) is 5.09. The standard InChI is InChI=1S/C18H20ClN3O3S3/c1-27-17-5-3-2-4-15(17)20-18(26)21-16-12-13(6-7-14(16)19)28(23,24)22-8-10-25-11-9-22/h2-7,12H,8-11H2,1H3,(H2,20,21,26). The number of hydrogen-bond donors (Lipinski definition) is 2. The summed E-state index contributed by atoms with van der Waals surface area (Å²) >= 11 is 13.2. The minimum atomic E-state index is -3.62. The van der Waals surface area contributed by atoms with Crippen molar-refractivity contribution in [2.45, 2.75) is 9.79 Å². The molecule has 0 bridgehead atoms. The molecule has 1 heterocycles. The third-order valence-corrected chi connectivity index (χ3v) is 7.37. The van der Waals surface area contributed by atoms with E-state index in [9.17, 15) is 8.42 Å². The molecule has 0 unspecified atom stereocenters. The summed E-state index contributed by atoms with van der Waals surface area (Å²) in [6.07, 6.45) is 1.98. The average molecular weight is 458 g/mol. The normalized spacial score (nSPS) is 15.2. The van der Waals surface area contributed by atoms with E-state index in [2.05, 4.69) is 10.6 Å². The molecule has 1 aliphatic rings. The number of thioether (sulfide) groups is 1. The SMILES string of the molecule is CSc1ccccc1NC(=S)Nc1cc(S(=O)(=O)N2CCOCC2)ccc1Cl. The van der Waals surface area contributed by atoms with Crippen LogP contribution in [0.25, 0.3) is 0 Å². The molecule has 0 radical (unpaired) electrons. The number of nitrogens with one attached hydrogen (secondary N) is 2. The van der Waals surface area contributed by atoms with Gasteiger partial charge in [-0.2, -0.15) is 4.31 Å². The summed E-state index contributed by atoms with van der Waals surface area (Å²) < 4.78 is 32.4. The van der Waals surface area contributed by atoms with Crippen molar-refractivity contribution >= 4 is 62.1 Å². The Hall–Kier alpha value is -1.36. The van der Waals surface area contributed by atoms with Crippen molar-refractivity contribution in [3.63, 3.8) is 0 Å². The maximum Gasteiger partial charge on any atom is 0.243 e. The molecular weight excluding hydrogens is 438 g/mol. The number of thiocarbonyl (C=S) groups is 1. The molecule has 2 N–H and O–H groups in total. The first-order valence-corrected chi connectivity index (χ1v) is 12.0. The third kappa shape index (κ3) is 4.97. The van der Waals surface area contributed by atoms with Gasteiger partial charge >= 0.3 is 0 Å². The molecule has 1 saturated heterocycles. The second-order valence-electron chi connectivity index (χ2n) is 5.94. The van der Waals surface area contributed by atoms with Crippen LogP contribution >= 0.6 is 35.6 Å². The van der Waals surface area contributed by atoms with Gasteiger partial charge in [-0.15, -0.1) is 11.8 Å². The lowest BCUT2D eigenvalue weighted by molar-refractivity contribution is 0.0730. The second-order valence-corrected chi connectivity index (χ2v) is 9.54. The van der Waals surface area contributed by atoms with Crippen LogP contribution in [0.4, 0.5) is 11.4 Å². The lowest BCUT2D eigenvalue weighted by Crippen LogP contribution is -2.40. The molecule has 3 rings (SSSR count). The van der Waals surface area contributed by atoms with Crippen molar-refractivity contribution in [3.05, 3.63) is 47.5 Å². The van der Waals surface area contributed by atoms with E-state index in [1.54, 1.807) is 17.8 Å². The first-order valence-electron chi connectivity index (χ1n) is 8.50. The van der Waals surface area contributed by atoms with Crippen molar-refractivity contribution in [1.82, 2.24) is 4.31 Å². The fourth-order valence-electron chi connectivity index (χ4n) is 2.72. The molecule has 2 aromatic rings. The number of para-hydroxylation sites is 1. The van der Waals surface area contributed by atoms with E-state index in [1.807, 2.05) is 30.5 Å². The van der Waals surface area contributed by atoms with Crippen LogP contribution in [0, 0.1) is 0 Å². The molecule has 150 valence electrons. The van der Waals surface area contributed by atoms with Gasteiger partial charge in [-0.25, -0.2) is 8.42 Å². The number of morpholine rings is 1. The highest BCUT2D eigenvalue weighted by molar-refractivity contribution is 7.98. The number of sulfonamides is 1. The highest BCUT2D eigenvalue weighted by Gasteiger charge is 2.27. The van der Waals surface area contributed by atoms with Gasteiger partial charge < -0.3 is 15.4 Å². The molecule has 0 aromatic heterocycles. The number of nitrogens with zero attached hydrogens (tertiary/aromatic N) is 1. The lowest BCUT2D eigenvalue weighted by Gasteiger charge is -2.26. The quantitative estimate of drug-likeness (QED) is 0.521. The molecule has 0 spiro atoms. The number of ether oxygens (including phenoxy) is 1. The highest BCUT2D eigenvalue weighted by atomic mass is 35.5. The Bertz CT molecular complexity index is 964. The lowest BCUT2D eigenvalue weighted by atomic mass is 10.3. The molecule has 6 nitrogen and oxygen atoms in total. The van der Waals surface area contributed by atoms with Crippen LogP contribution in [0.3, 0.4) is 0 Å². The summed E-state index contributed by atoms with van der Waals surface area (Å²) in [5, 5.41) is 6.82. The van der Waals surface area contributed by atoms with E-state index < -0.39 is 10.0 Å². The molecular formula is C18H20ClN3O3S3. The Kier molecular flexibility index (Phi) is 7.19. The van der Waals surface area contributed by atoms with Crippen LogP contribution in [0.2, 0.25) is 5.02 Å². The van der Waals surface area contributed by atoms with Crippen LogP contribution < -0.4 is 10.6 Å². The number of halogens is 1. The van der Waals surface area contributed by atoms with Crippen molar-refractivity contribution < 1.29 is 13.2 Å². The summed E-state index contributed by atoms with van der Waals surface area (Å²) in [5.41, 5.74) is 1.29. The van der Waals surface area contributed by atoms with Gasteiger partial charge in [-0.1, -0.05) is 23.7 Å². The minimum absolute atomic E-state index is 0.161. The highest BCUT2D eigenvalue weighted by Crippen LogP contribution is 2.28. The van der Waals surface area contributed by atoms with Gasteiger partial charge in [0.05, 0.1) is 34.5 Å². The fraction of sp³-hybridized carbons (Fsp3) is 0.278. The number of benzene rings is 2. The molecule has 1 fully saturated rings. The monoisotopic (exact) mass is 457 g/mol. The Morgan fingerprint density at radius 3 is 2.54 bits per heavy atom. The van der Waals surface area contributed by atoms with Crippen LogP contribution in [-0.2, 0) is 14.8 Å². The van der Waals surface area contributed by atoms with Gasteiger partial charge in [0.15, 0.2) is 5.11 Å². The van der Waals surface area contributed by atoms with Crippen molar-refractivity contribution in [1.29, 1.82) is 0 Å².